The van der Waals surface area contributed by atoms with Crippen LogP contribution in [0.1, 0.15) is 22.3 Å². The molecular formula is C26H22ClN3O5S. The van der Waals surface area contributed by atoms with Crippen LogP contribution in [0.25, 0.3) is 0 Å². The van der Waals surface area contributed by atoms with Crippen LogP contribution in [0.4, 0.5) is 17.1 Å². The number of rotatable bonds is 7. The fraction of sp³-hybridized carbons (Fsp3) is 0.154. The van der Waals surface area contributed by atoms with Crippen molar-refractivity contribution in [3.63, 3.8) is 0 Å². The van der Waals surface area contributed by atoms with E-state index in [0.717, 1.165) is 15.4 Å². The monoisotopic (exact) mass is 523 g/mol. The molecule has 3 aromatic rings. The molecular weight excluding hydrogens is 502 g/mol. The maximum Gasteiger partial charge on any atom is 0.338 e. The zero-order valence-electron chi connectivity index (χ0n) is 19.2. The van der Waals surface area contributed by atoms with Gasteiger partial charge in [0, 0.05) is 27.7 Å². The summed E-state index contributed by atoms with van der Waals surface area (Å²) < 4.78 is 5.07. The van der Waals surface area contributed by atoms with Crippen LogP contribution in [0, 0.1) is 6.92 Å². The van der Waals surface area contributed by atoms with Gasteiger partial charge in [-0.05, 0) is 67.1 Å². The maximum absolute atomic E-state index is 12.9. The van der Waals surface area contributed by atoms with Gasteiger partial charge in [-0.2, -0.15) is 0 Å². The third kappa shape index (κ3) is 5.87. The highest BCUT2D eigenvalue weighted by Gasteiger charge is 2.40. The van der Waals surface area contributed by atoms with Gasteiger partial charge in [0.15, 0.2) is 6.61 Å². The molecule has 0 saturated carbocycles. The molecule has 36 heavy (non-hydrogen) atoms. The van der Waals surface area contributed by atoms with Crippen LogP contribution in [0.2, 0.25) is 5.02 Å². The Morgan fingerprint density at radius 3 is 2.56 bits per heavy atom. The Labute approximate surface area is 216 Å². The molecule has 1 heterocycles. The molecule has 1 atom stereocenters. The fourth-order valence-electron chi connectivity index (χ4n) is 3.55. The summed E-state index contributed by atoms with van der Waals surface area (Å²) in [4.78, 5) is 51.8. The van der Waals surface area contributed by atoms with Crippen LogP contribution in [-0.4, -0.2) is 35.5 Å². The van der Waals surface area contributed by atoms with Gasteiger partial charge in [-0.1, -0.05) is 23.7 Å². The standard InChI is InChI=1S/C26H22ClN3O5S/c1-15-5-8-18(12-21(15)27)29-23(31)14-35-26(34)16-6-9-19(10-7-16)30-24(32)13-22(25(30)33)36-20-4-2-3-17(28)11-20/h2-12,22H,13-14,28H2,1H3,(H,29,31). The highest BCUT2D eigenvalue weighted by molar-refractivity contribution is 8.00. The van der Waals surface area contributed by atoms with E-state index < -0.39 is 23.7 Å². The van der Waals surface area contributed by atoms with Crippen molar-refractivity contribution in [3.8, 4) is 0 Å². The Hall–Kier alpha value is -3.82. The average molecular weight is 524 g/mol. The number of imide groups is 1. The minimum Gasteiger partial charge on any atom is -0.452 e. The molecule has 1 fully saturated rings. The summed E-state index contributed by atoms with van der Waals surface area (Å²) in [5.74, 6) is -1.90. The van der Waals surface area contributed by atoms with Crippen molar-refractivity contribution in [2.24, 2.45) is 0 Å². The smallest absolute Gasteiger partial charge is 0.338 e. The summed E-state index contributed by atoms with van der Waals surface area (Å²) in [7, 11) is 0. The number of aryl methyl sites for hydroxylation is 1. The molecule has 1 aliphatic heterocycles. The van der Waals surface area contributed by atoms with Crippen LogP contribution in [0.15, 0.2) is 71.6 Å². The molecule has 0 aromatic heterocycles. The first-order valence-electron chi connectivity index (χ1n) is 10.9. The van der Waals surface area contributed by atoms with E-state index in [4.69, 9.17) is 22.1 Å². The number of nitrogens with one attached hydrogen (secondary N) is 1. The largest absolute Gasteiger partial charge is 0.452 e. The number of carbonyl (C=O) groups is 4. The highest BCUT2D eigenvalue weighted by Crippen LogP contribution is 2.34. The Balaban J connectivity index is 1.34. The number of nitrogen functional groups attached to an aromatic ring is 1. The second-order valence-corrected chi connectivity index (χ2v) is 9.77. The van der Waals surface area contributed by atoms with Gasteiger partial charge in [-0.15, -0.1) is 11.8 Å². The normalized spacial score (nSPS) is 15.2. The molecule has 4 rings (SSSR count). The van der Waals surface area contributed by atoms with Crippen molar-refractivity contribution >= 4 is 64.1 Å². The number of esters is 1. The molecule has 3 amide bonds. The molecule has 0 aliphatic carbocycles. The minimum atomic E-state index is -0.715. The molecule has 10 heteroatoms. The summed E-state index contributed by atoms with van der Waals surface area (Å²) in [5.41, 5.74) is 8.26. The number of ether oxygens (including phenoxy) is 1. The molecule has 3 aromatic carbocycles. The topological polar surface area (TPSA) is 119 Å². The van der Waals surface area contributed by atoms with Gasteiger partial charge in [0.05, 0.1) is 16.5 Å². The van der Waals surface area contributed by atoms with Gasteiger partial charge in [0.1, 0.15) is 0 Å². The predicted octanol–water partition coefficient (Wildman–Crippen LogP) is 4.45. The van der Waals surface area contributed by atoms with Crippen molar-refractivity contribution in [1.82, 2.24) is 0 Å². The predicted molar refractivity (Wildman–Crippen MR) is 139 cm³/mol. The van der Waals surface area contributed by atoms with Gasteiger partial charge in [0.2, 0.25) is 11.8 Å². The van der Waals surface area contributed by atoms with E-state index in [1.165, 1.54) is 36.0 Å². The number of benzene rings is 3. The SMILES string of the molecule is Cc1ccc(NC(=O)COC(=O)c2ccc(N3C(=O)CC(Sc4cccc(N)c4)C3=O)cc2)cc1Cl. The molecule has 0 radical (unpaired) electrons. The van der Waals surface area contributed by atoms with Crippen molar-refractivity contribution < 1.29 is 23.9 Å². The number of nitrogens with two attached hydrogens (primary N) is 1. The lowest BCUT2D eigenvalue weighted by Gasteiger charge is -2.15. The van der Waals surface area contributed by atoms with E-state index in [0.29, 0.717) is 22.1 Å². The molecule has 1 saturated heterocycles. The summed E-state index contributed by atoms with van der Waals surface area (Å²) >= 11 is 7.33. The lowest BCUT2D eigenvalue weighted by atomic mass is 10.2. The third-order valence-corrected chi connectivity index (χ3v) is 6.98. The van der Waals surface area contributed by atoms with Crippen molar-refractivity contribution in [3.05, 3.63) is 82.9 Å². The Kier molecular flexibility index (Phi) is 7.61. The molecule has 8 nitrogen and oxygen atoms in total. The number of thioether (sulfide) groups is 1. The van der Waals surface area contributed by atoms with E-state index in [1.807, 2.05) is 13.0 Å². The Bertz CT molecular complexity index is 1350. The maximum atomic E-state index is 12.9. The average Bonchev–Trinajstić information content (AvgIpc) is 3.12. The second kappa shape index (κ2) is 10.8. The van der Waals surface area contributed by atoms with Crippen molar-refractivity contribution in [2.75, 3.05) is 22.6 Å². The fourth-order valence-corrected chi connectivity index (χ4v) is 4.85. The number of amides is 3. The first kappa shape index (κ1) is 25.3. The second-order valence-electron chi connectivity index (χ2n) is 8.09. The number of hydrogen-bond acceptors (Lipinski definition) is 7. The number of nitrogens with zero attached hydrogens (tertiary/aromatic N) is 1. The Morgan fingerprint density at radius 2 is 1.86 bits per heavy atom. The molecule has 1 aliphatic rings. The summed E-state index contributed by atoms with van der Waals surface area (Å²) in [5, 5.41) is 2.55. The van der Waals surface area contributed by atoms with Crippen molar-refractivity contribution in [1.29, 1.82) is 0 Å². The van der Waals surface area contributed by atoms with Gasteiger partial charge in [-0.25, -0.2) is 9.69 Å². The zero-order chi connectivity index (χ0) is 25.8. The highest BCUT2D eigenvalue weighted by atomic mass is 35.5. The first-order chi connectivity index (χ1) is 17.2. The number of halogens is 1. The van der Waals surface area contributed by atoms with Gasteiger partial charge >= 0.3 is 5.97 Å². The van der Waals surface area contributed by atoms with E-state index in [2.05, 4.69) is 5.32 Å². The van der Waals surface area contributed by atoms with E-state index >= 15 is 0 Å². The summed E-state index contributed by atoms with van der Waals surface area (Å²) in [6, 6.07) is 18.0. The number of anilines is 3. The zero-order valence-corrected chi connectivity index (χ0v) is 20.8. The Morgan fingerprint density at radius 1 is 1.11 bits per heavy atom. The van der Waals surface area contributed by atoms with Gasteiger partial charge < -0.3 is 15.8 Å². The van der Waals surface area contributed by atoms with E-state index in [-0.39, 0.29) is 23.8 Å². The number of hydrogen-bond donors (Lipinski definition) is 2. The van der Waals surface area contributed by atoms with Crippen LogP contribution in [-0.2, 0) is 19.1 Å². The lowest BCUT2D eigenvalue weighted by molar-refractivity contribution is -0.121. The summed E-state index contributed by atoms with van der Waals surface area (Å²) in [6.07, 6.45) is 0.0589. The van der Waals surface area contributed by atoms with E-state index in [9.17, 15) is 19.2 Å². The van der Waals surface area contributed by atoms with Crippen molar-refractivity contribution in [2.45, 2.75) is 23.5 Å². The van der Waals surface area contributed by atoms with E-state index in [1.54, 1.807) is 36.4 Å². The molecule has 0 spiro atoms. The van der Waals surface area contributed by atoms with Gasteiger partial charge in [-0.3, -0.25) is 14.4 Å². The summed E-state index contributed by atoms with van der Waals surface area (Å²) in [6.45, 7) is 1.35. The first-order valence-corrected chi connectivity index (χ1v) is 12.2. The van der Waals surface area contributed by atoms with Crippen LogP contribution in [0.5, 0.6) is 0 Å². The molecule has 0 bridgehead atoms. The quantitative estimate of drug-likeness (QED) is 0.267. The van der Waals surface area contributed by atoms with Crippen LogP contribution < -0.4 is 16.0 Å². The molecule has 1 unspecified atom stereocenters. The molecule has 184 valence electrons. The van der Waals surface area contributed by atoms with Gasteiger partial charge in [0.25, 0.3) is 5.91 Å². The van der Waals surface area contributed by atoms with Crippen LogP contribution >= 0.6 is 23.4 Å². The molecule has 3 N–H and O–H groups in total. The number of carbonyl (C=O) groups excluding carboxylic acids is 4. The van der Waals surface area contributed by atoms with Crippen LogP contribution in [0.3, 0.4) is 0 Å². The lowest BCUT2D eigenvalue weighted by Crippen LogP contribution is -2.31. The minimum absolute atomic E-state index is 0.0589. The third-order valence-electron chi connectivity index (χ3n) is 5.39.